The largest absolute Gasteiger partial charge is 0.495 e. The van der Waals surface area contributed by atoms with Crippen molar-refractivity contribution < 1.29 is 14.3 Å². The van der Waals surface area contributed by atoms with E-state index in [4.69, 9.17) is 9.47 Å². The smallest absolute Gasteiger partial charge is 0.254 e. The quantitative estimate of drug-likeness (QED) is 0.632. The Morgan fingerprint density at radius 3 is 2.67 bits per heavy atom. The van der Waals surface area contributed by atoms with Gasteiger partial charge in [-0.15, -0.1) is 0 Å². The molecule has 1 amide bonds. The van der Waals surface area contributed by atoms with Gasteiger partial charge >= 0.3 is 0 Å². The Labute approximate surface area is 175 Å². The molecule has 1 aliphatic rings. The van der Waals surface area contributed by atoms with Crippen molar-refractivity contribution in [2.75, 3.05) is 14.2 Å². The SMILES string of the molecule is COc1ccc(C(=O)N2Cc3cnc(C)c(OC)c3C2)cc1C#Cc1ccccn1. The van der Waals surface area contributed by atoms with Gasteiger partial charge in [0.2, 0.25) is 0 Å². The minimum Gasteiger partial charge on any atom is -0.495 e. The molecule has 0 aliphatic carbocycles. The fraction of sp³-hybridized carbons (Fsp3) is 0.208. The highest BCUT2D eigenvalue weighted by Gasteiger charge is 2.28. The second-order valence-electron chi connectivity index (χ2n) is 6.92. The van der Waals surface area contributed by atoms with E-state index in [2.05, 4.69) is 21.8 Å². The molecule has 30 heavy (non-hydrogen) atoms. The topological polar surface area (TPSA) is 64.5 Å². The van der Waals surface area contributed by atoms with Crippen molar-refractivity contribution in [1.29, 1.82) is 0 Å². The number of methoxy groups -OCH3 is 2. The van der Waals surface area contributed by atoms with Crippen LogP contribution in [0.15, 0.2) is 48.8 Å². The third kappa shape index (κ3) is 3.70. The van der Waals surface area contributed by atoms with Crippen molar-refractivity contribution in [3.05, 3.63) is 82.4 Å². The first-order chi connectivity index (χ1) is 14.6. The Hall–Kier alpha value is -3.85. The molecule has 1 aliphatic heterocycles. The van der Waals surface area contributed by atoms with Crippen LogP contribution in [0.25, 0.3) is 0 Å². The molecule has 0 bridgehead atoms. The molecule has 0 unspecified atom stereocenters. The number of nitrogens with zero attached hydrogens (tertiary/aromatic N) is 3. The summed E-state index contributed by atoms with van der Waals surface area (Å²) in [7, 11) is 3.21. The van der Waals surface area contributed by atoms with E-state index in [0.717, 1.165) is 22.6 Å². The van der Waals surface area contributed by atoms with E-state index in [-0.39, 0.29) is 5.91 Å². The number of carbonyl (C=O) groups excluding carboxylic acids is 1. The van der Waals surface area contributed by atoms with Crippen LogP contribution in [0.4, 0.5) is 0 Å². The molecule has 0 atom stereocenters. The van der Waals surface area contributed by atoms with Crippen LogP contribution in [-0.4, -0.2) is 35.0 Å². The van der Waals surface area contributed by atoms with Gasteiger partial charge in [-0.1, -0.05) is 12.0 Å². The Morgan fingerprint density at radius 2 is 1.93 bits per heavy atom. The lowest BCUT2D eigenvalue weighted by molar-refractivity contribution is 0.0751. The lowest BCUT2D eigenvalue weighted by atomic mass is 10.1. The number of hydrogen-bond acceptors (Lipinski definition) is 5. The van der Waals surface area contributed by atoms with E-state index in [0.29, 0.717) is 35.7 Å². The molecule has 4 rings (SSSR count). The maximum atomic E-state index is 13.2. The molecule has 0 N–H and O–H groups in total. The Kier molecular flexibility index (Phi) is 5.36. The first kappa shape index (κ1) is 19.5. The fourth-order valence-corrected chi connectivity index (χ4v) is 3.54. The van der Waals surface area contributed by atoms with Crippen LogP contribution in [0.3, 0.4) is 0 Å². The van der Waals surface area contributed by atoms with E-state index >= 15 is 0 Å². The van der Waals surface area contributed by atoms with Gasteiger partial charge in [-0.05, 0) is 48.7 Å². The molecule has 0 saturated heterocycles. The van der Waals surface area contributed by atoms with Crippen LogP contribution >= 0.6 is 0 Å². The molecule has 0 spiro atoms. The second kappa shape index (κ2) is 8.26. The van der Waals surface area contributed by atoms with E-state index < -0.39 is 0 Å². The normalized spacial score (nSPS) is 12.0. The van der Waals surface area contributed by atoms with Crippen molar-refractivity contribution in [2.24, 2.45) is 0 Å². The van der Waals surface area contributed by atoms with Gasteiger partial charge in [0.15, 0.2) is 0 Å². The monoisotopic (exact) mass is 399 g/mol. The predicted molar refractivity (Wildman–Crippen MR) is 112 cm³/mol. The number of rotatable bonds is 3. The molecule has 150 valence electrons. The first-order valence-electron chi connectivity index (χ1n) is 9.52. The molecule has 0 fully saturated rings. The van der Waals surface area contributed by atoms with Gasteiger partial charge in [0.05, 0.1) is 32.0 Å². The van der Waals surface area contributed by atoms with Gasteiger partial charge in [0.1, 0.15) is 17.2 Å². The molecule has 1 aromatic carbocycles. The van der Waals surface area contributed by atoms with Crippen LogP contribution in [0.2, 0.25) is 0 Å². The zero-order chi connectivity index (χ0) is 21.1. The summed E-state index contributed by atoms with van der Waals surface area (Å²) >= 11 is 0. The average molecular weight is 399 g/mol. The number of fused-ring (bicyclic) bond motifs is 1. The first-order valence-corrected chi connectivity index (χ1v) is 9.52. The summed E-state index contributed by atoms with van der Waals surface area (Å²) in [5, 5.41) is 0. The Balaban J connectivity index is 1.62. The van der Waals surface area contributed by atoms with E-state index in [1.54, 1.807) is 43.5 Å². The van der Waals surface area contributed by atoms with E-state index in [1.165, 1.54) is 0 Å². The number of ether oxygens (including phenoxy) is 2. The van der Waals surface area contributed by atoms with Crippen molar-refractivity contribution in [3.63, 3.8) is 0 Å². The Bertz CT molecular complexity index is 1160. The van der Waals surface area contributed by atoms with Gasteiger partial charge in [-0.2, -0.15) is 0 Å². The lowest BCUT2D eigenvalue weighted by Gasteiger charge is -2.16. The molecule has 6 heteroatoms. The molecule has 2 aromatic heterocycles. The summed E-state index contributed by atoms with van der Waals surface area (Å²) in [6.45, 7) is 2.89. The second-order valence-corrected chi connectivity index (χ2v) is 6.92. The van der Waals surface area contributed by atoms with Crippen LogP contribution in [0.1, 0.15) is 38.4 Å². The number of aromatic nitrogens is 2. The van der Waals surface area contributed by atoms with Crippen molar-refractivity contribution in [2.45, 2.75) is 20.0 Å². The Morgan fingerprint density at radius 1 is 1.07 bits per heavy atom. The van der Waals surface area contributed by atoms with Crippen LogP contribution in [0, 0.1) is 18.8 Å². The lowest BCUT2D eigenvalue weighted by Crippen LogP contribution is -2.25. The summed E-state index contributed by atoms with van der Waals surface area (Å²) in [5.41, 5.74) is 4.69. The molecule has 0 saturated carbocycles. The van der Waals surface area contributed by atoms with Crippen LogP contribution < -0.4 is 9.47 Å². The van der Waals surface area contributed by atoms with Crippen LogP contribution in [0.5, 0.6) is 11.5 Å². The van der Waals surface area contributed by atoms with Gasteiger partial charge in [-0.3, -0.25) is 9.78 Å². The molecular formula is C24H21N3O3. The summed E-state index contributed by atoms with van der Waals surface area (Å²) in [5.74, 6) is 7.37. The standard InChI is InChI=1S/C24H21N3O3/c1-16-23(30-3)21-15-27(14-19(21)13-26-16)24(28)18-8-10-22(29-2)17(12-18)7-9-20-6-4-5-11-25-20/h4-6,8,10-13H,14-15H2,1-3H3. The summed E-state index contributed by atoms with van der Waals surface area (Å²) in [6.07, 6.45) is 3.51. The van der Waals surface area contributed by atoms with Gasteiger partial charge in [-0.25, -0.2) is 4.98 Å². The maximum absolute atomic E-state index is 13.2. The number of amides is 1. The summed E-state index contributed by atoms with van der Waals surface area (Å²) in [6, 6.07) is 10.8. The molecule has 0 radical (unpaired) electrons. The highest BCUT2D eigenvalue weighted by atomic mass is 16.5. The van der Waals surface area contributed by atoms with Crippen molar-refractivity contribution >= 4 is 5.91 Å². The minimum absolute atomic E-state index is 0.0746. The van der Waals surface area contributed by atoms with Crippen LogP contribution in [-0.2, 0) is 13.1 Å². The van der Waals surface area contributed by atoms with Crippen molar-refractivity contribution in [1.82, 2.24) is 14.9 Å². The zero-order valence-electron chi connectivity index (χ0n) is 17.1. The fourth-order valence-electron chi connectivity index (χ4n) is 3.54. The zero-order valence-corrected chi connectivity index (χ0v) is 17.1. The third-order valence-electron chi connectivity index (χ3n) is 5.04. The molecule has 3 aromatic rings. The third-order valence-corrected chi connectivity index (χ3v) is 5.04. The molecular weight excluding hydrogens is 378 g/mol. The average Bonchev–Trinajstić information content (AvgIpc) is 3.22. The maximum Gasteiger partial charge on any atom is 0.254 e. The van der Waals surface area contributed by atoms with E-state index in [1.807, 2.05) is 31.3 Å². The summed E-state index contributed by atoms with van der Waals surface area (Å²) < 4.78 is 10.9. The van der Waals surface area contributed by atoms with E-state index in [9.17, 15) is 4.79 Å². The van der Waals surface area contributed by atoms with Gasteiger partial charge < -0.3 is 14.4 Å². The number of hydrogen-bond donors (Lipinski definition) is 0. The predicted octanol–water partition coefficient (Wildman–Crippen LogP) is 3.36. The number of aryl methyl sites for hydroxylation is 1. The van der Waals surface area contributed by atoms with Gasteiger partial charge in [0, 0.05) is 30.1 Å². The number of carbonyl (C=O) groups is 1. The number of pyridine rings is 2. The number of benzene rings is 1. The molecule has 3 heterocycles. The summed E-state index contributed by atoms with van der Waals surface area (Å²) in [4.78, 5) is 23.6. The molecule has 6 nitrogen and oxygen atoms in total. The highest BCUT2D eigenvalue weighted by Crippen LogP contribution is 2.33. The van der Waals surface area contributed by atoms with Crippen molar-refractivity contribution in [3.8, 4) is 23.3 Å². The minimum atomic E-state index is -0.0746. The van der Waals surface area contributed by atoms with Gasteiger partial charge in [0.25, 0.3) is 5.91 Å². The highest BCUT2D eigenvalue weighted by molar-refractivity contribution is 5.95.